The smallest absolute Gasteiger partial charge is 0.255 e. The molecule has 0 aliphatic carbocycles. The lowest BCUT2D eigenvalue weighted by atomic mass is 10.2. The van der Waals surface area contributed by atoms with Crippen LogP contribution in [0.25, 0.3) is 11.0 Å². The number of piperazine rings is 1. The SMILES string of the molecule is CN(Cc1nc2ccccc2[nH]1)C(=O)[C@H]1NC(=O)CNC1=O. The van der Waals surface area contributed by atoms with Gasteiger partial charge in [0.25, 0.3) is 11.8 Å². The largest absolute Gasteiger partial charge is 0.345 e. The number of fused-ring (bicyclic) bond motifs is 1. The fourth-order valence-corrected chi connectivity index (χ4v) is 2.32. The summed E-state index contributed by atoms with van der Waals surface area (Å²) >= 11 is 0. The summed E-state index contributed by atoms with van der Waals surface area (Å²) in [4.78, 5) is 44.1. The lowest BCUT2D eigenvalue weighted by Gasteiger charge is -2.26. The van der Waals surface area contributed by atoms with Crippen molar-refractivity contribution in [2.24, 2.45) is 0 Å². The molecule has 22 heavy (non-hydrogen) atoms. The van der Waals surface area contributed by atoms with E-state index >= 15 is 0 Å². The number of hydrogen-bond donors (Lipinski definition) is 3. The van der Waals surface area contributed by atoms with Gasteiger partial charge in [-0.2, -0.15) is 0 Å². The van der Waals surface area contributed by atoms with Crippen LogP contribution in [-0.4, -0.2) is 52.2 Å². The van der Waals surface area contributed by atoms with E-state index in [-0.39, 0.29) is 19.0 Å². The van der Waals surface area contributed by atoms with Gasteiger partial charge in [0.05, 0.1) is 24.1 Å². The standard InChI is InChI=1S/C14H15N5O3/c1-19(14(22)12-13(21)15-6-11(20)18-12)7-10-16-8-4-2-3-5-9(8)17-10/h2-5,12H,6-7H2,1H3,(H,15,21)(H,16,17)(H,18,20)/t12-/m0/s1. The van der Waals surface area contributed by atoms with Crippen LogP contribution >= 0.6 is 0 Å². The summed E-state index contributed by atoms with van der Waals surface area (Å²) in [5, 5.41) is 4.77. The molecule has 1 aromatic heterocycles. The van der Waals surface area contributed by atoms with E-state index in [1.807, 2.05) is 24.3 Å². The molecule has 8 nitrogen and oxygen atoms in total. The molecule has 1 aliphatic rings. The molecule has 2 aromatic rings. The van der Waals surface area contributed by atoms with Crippen molar-refractivity contribution < 1.29 is 14.4 Å². The lowest BCUT2D eigenvalue weighted by Crippen LogP contribution is -2.61. The first-order chi connectivity index (χ1) is 10.5. The van der Waals surface area contributed by atoms with Crippen molar-refractivity contribution in [1.82, 2.24) is 25.5 Å². The highest BCUT2D eigenvalue weighted by Gasteiger charge is 2.34. The second-order valence-electron chi connectivity index (χ2n) is 5.11. The zero-order valence-electron chi connectivity index (χ0n) is 11.9. The van der Waals surface area contributed by atoms with Gasteiger partial charge < -0.3 is 20.5 Å². The van der Waals surface area contributed by atoms with Crippen LogP contribution < -0.4 is 10.6 Å². The number of imidazole rings is 1. The zero-order valence-corrected chi connectivity index (χ0v) is 11.9. The van der Waals surface area contributed by atoms with E-state index in [0.29, 0.717) is 5.82 Å². The Morgan fingerprint density at radius 2 is 2.14 bits per heavy atom. The van der Waals surface area contributed by atoms with Crippen molar-refractivity contribution in [2.75, 3.05) is 13.6 Å². The van der Waals surface area contributed by atoms with Crippen LogP contribution in [0.2, 0.25) is 0 Å². The summed E-state index contributed by atoms with van der Waals surface area (Å²) in [5.41, 5.74) is 1.68. The maximum absolute atomic E-state index is 12.3. The minimum atomic E-state index is -1.18. The third-order valence-electron chi connectivity index (χ3n) is 3.44. The van der Waals surface area contributed by atoms with Crippen LogP contribution in [0.5, 0.6) is 0 Å². The first-order valence-electron chi connectivity index (χ1n) is 6.80. The van der Waals surface area contributed by atoms with E-state index < -0.39 is 17.9 Å². The number of hydrogen-bond acceptors (Lipinski definition) is 4. The Morgan fingerprint density at radius 1 is 1.36 bits per heavy atom. The molecule has 0 unspecified atom stereocenters. The monoisotopic (exact) mass is 301 g/mol. The van der Waals surface area contributed by atoms with E-state index in [0.717, 1.165) is 11.0 Å². The third kappa shape index (κ3) is 2.62. The Kier molecular flexibility index (Phi) is 3.50. The Balaban J connectivity index is 1.72. The average Bonchev–Trinajstić information content (AvgIpc) is 2.91. The zero-order chi connectivity index (χ0) is 15.7. The lowest BCUT2D eigenvalue weighted by molar-refractivity contribution is -0.144. The second kappa shape index (κ2) is 5.47. The van der Waals surface area contributed by atoms with Crippen LogP contribution in [0.4, 0.5) is 0 Å². The van der Waals surface area contributed by atoms with Crippen molar-refractivity contribution in [3.05, 3.63) is 30.1 Å². The molecular formula is C14H15N5O3. The molecular weight excluding hydrogens is 286 g/mol. The summed E-state index contributed by atoms with van der Waals surface area (Å²) < 4.78 is 0. The molecule has 8 heteroatoms. The van der Waals surface area contributed by atoms with Gasteiger partial charge in [-0.1, -0.05) is 12.1 Å². The van der Waals surface area contributed by atoms with Crippen molar-refractivity contribution in [3.8, 4) is 0 Å². The van der Waals surface area contributed by atoms with E-state index in [9.17, 15) is 14.4 Å². The summed E-state index contributed by atoms with van der Waals surface area (Å²) in [6.45, 7) is 0.114. The topological polar surface area (TPSA) is 107 Å². The number of para-hydroxylation sites is 2. The number of aromatic amines is 1. The maximum atomic E-state index is 12.3. The molecule has 3 N–H and O–H groups in total. The summed E-state index contributed by atoms with van der Waals surface area (Å²) in [6, 6.07) is 6.34. The van der Waals surface area contributed by atoms with Gasteiger partial charge in [0.15, 0.2) is 6.04 Å². The number of H-pyrrole nitrogens is 1. The van der Waals surface area contributed by atoms with Gasteiger partial charge in [-0.3, -0.25) is 14.4 Å². The van der Waals surface area contributed by atoms with Gasteiger partial charge in [-0.15, -0.1) is 0 Å². The molecule has 1 saturated heterocycles. The number of nitrogens with zero attached hydrogens (tertiary/aromatic N) is 2. The maximum Gasteiger partial charge on any atom is 0.255 e. The van der Waals surface area contributed by atoms with Crippen molar-refractivity contribution in [1.29, 1.82) is 0 Å². The number of likely N-dealkylation sites (N-methyl/N-ethyl adjacent to an activating group) is 1. The normalized spacial score (nSPS) is 18.0. The number of aromatic nitrogens is 2. The fourth-order valence-electron chi connectivity index (χ4n) is 2.32. The first kappa shape index (κ1) is 14.1. The summed E-state index contributed by atoms with van der Waals surface area (Å²) in [6.07, 6.45) is 0. The van der Waals surface area contributed by atoms with Crippen molar-refractivity contribution in [2.45, 2.75) is 12.6 Å². The minimum Gasteiger partial charge on any atom is -0.345 e. The van der Waals surface area contributed by atoms with E-state index in [1.165, 1.54) is 4.90 Å². The van der Waals surface area contributed by atoms with Gasteiger partial charge in [0.1, 0.15) is 5.82 Å². The molecule has 3 rings (SSSR count). The number of carbonyl (C=O) groups is 3. The van der Waals surface area contributed by atoms with Crippen LogP contribution in [-0.2, 0) is 20.9 Å². The summed E-state index contributed by atoms with van der Waals surface area (Å²) in [5.74, 6) is -0.748. The van der Waals surface area contributed by atoms with Crippen LogP contribution in [0.3, 0.4) is 0 Å². The second-order valence-corrected chi connectivity index (χ2v) is 5.11. The van der Waals surface area contributed by atoms with Crippen LogP contribution in [0, 0.1) is 0 Å². The number of amides is 3. The molecule has 1 fully saturated rings. The molecule has 0 spiro atoms. The predicted molar refractivity (Wildman–Crippen MR) is 77.5 cm³/mol. The fraction of sp³-hybridized carbons (Fsp3) is 0.286. The molecule has 1 aromatic carbocycles. The van der Waals surface area contributed by atoms with Gasteiger partial charge in [0.2, 0.25) is 5.91 Å². The van der Waals surface area contributed by atoms with Crippen molar-refractivity contribution >= 4 is 28.8 Å². The summed E-state index contributed by atoms with van der Waals surface area (Å²) in [7, 11) is 1.56. The predicted octanol–water partition coefficient (Wildman–Crippen LogP) is -0.864. The minimum absolute atomic E-state index is 0.101. The van der Waals surface area contributed by atoms with Gasteiger partial charge in [-0.05, 0) is 12.1 Å². The highest BCUT2D eigenvalue weighted by atomic mass is 16.2. The van der Waals surface area contributed by atoms with Gasteiger partial charge >= 0.3 is 0 Å². The van der Waals surface area contributed by atoms with Crippen LogP contribution in [0.1, 0.15) is 5.82 Å². The Labute approximate surface area is 125 Å². The quantitative estimate of drug-likeness (QED) is 0.641. The van der Waals surface area contributed by atoms with Crippen LogP contribution in [0.15, 0.2) is 24.3 Å². The molecule has 2 heterocycles. The Bertz CT molecular complexity index is 721. The number of nitrogens with one attached hydrogen (secondary N) is 3. The first-order valence-corrected chi connectivity index (χ1v) is 6.80. The highest BCUT2D eigenvalue weighted by molar-refractivity contribution is 6.09. The number of rotatable bonds is 3. The molecule has 0 bridgehead atoms. The molecule has 0 saturated carbocycles. The number of carbonyl (C=O) groups excluding carboxylic acids is 3. The molecule has 0 radical (unpaired) electrons. The average molecular weight is 301 g/mol. The molecule has 3 amide bonds. The van der Waals surface area contributed by atoms with E-state index in [4.69, 9.17) is 0 Å². The Hall–Kier alpha value is -2.90. The van der Waals surface area contributed by atoms with Gasteiger partial charge in [-0.25, -0.2) is 4.98 Å². The number of benzene rings is 1. The molecule has 114 valence electrons. The Morgan fingerprint density at radius 3 is 2.91 bits per heavy atom. The highest BCUT2D eigenvalue weighted by Crippen LogP contribution is 2.11. The molecule has 1 atom stereocenters. The van der Waals surface area contributed by atoms with Crippen molar-refractivity contribution in [3.63, 3.8) is 0 Å². The van der Waals surface area contributed by atoms with E-state index in [2.05, 4.69) is 20.6 Å². The van der Waals surface area contributed by atoms with E-state index in [1.54, 1.807) is 7.05 Å². The molecule has 1 aliphatic heterocycles. The third-order valence-corrected chi connectivity index (χ3v) is 3.44. The van der Waals surface area contributed by atoms with Gasteiger partial charge in [0, 0.05) is 7.05 Å².